The van der Waals surface area contributed by atoms with Crippen LogP contribution < -0.4 is 0 Å². The number of benzene rings is 1. The second-order valence-corrected chi connectivity index (χ2v) is 7.89. The van der Waals surface area contributed by atoms with Crippen molar-refractivity contribution in [1.82, 2.24) is 0 Å². The predicted molar refractivity (Wildman–Crippen MR) is 103 cm³/mol. The first-order valence-electron chi connectivity index (χ1n) is 9.96. The van der Waals surface area contributed by atoms with Gasteiger partial charge in [0.1, 0.15) is 0 Å². The molecule has 0 amide bonds. The van der Waals surface area contributed by atoms with E-state index in [4.69, 9.17) is 4.43 Å². The van der Waals surface area contributed by atoms with Crippen LogP contribution in [0.25, 0.3) is 5.57 Å². The molecule has 133 valence electrons. The summed E-state index contributed by atoms with van der Waals surface area (Å²) in [5, 5.41) is 0. The van der Waals surface area contributed by atoms with Crippen molar-refractivity contribution in [3.05, 3.63) is 41.5 Å². The summed E-state index contributed by atoms with van der Waals surface area (Å²) < 4.78 is 5.06. The van der Waals surface area contributed by atoms with E-state index in [0.29, 0.717) is 11.8 Å². The van der Waals surface area contributed by atoms with Crippen LogP contribution in [-0.4, -0.2) is 16.5 Å². The molecule has 1 aromatic carbocycles. The first-order chi connectivity index (χ1) is 12.3. The predicted octanol–water partition coefficient (Wildman–Crippen LogP) is 5.62. The maximum Gasteiger partial charge on any atom is 0.345 e. The van der Waals surface area contributed by atoms with Gasteiger partial charge in [0, 0.05) is 5.57 Å². The molecule has 0 heterocycles. The molecule has 2 aliphatic rings. The lowest BCUT2D eigenvalue weighted by Crippen LogP contribution is -2.19. The highest BCUT2D eigenvalue weighted by Crippen LogP contribution is 2.40. The molecular weight excluding hydrogens is 324 g/mol. The van der Waals surface area contributed by atoms with E-state index >= 15 is 0 Å². The maximum atomic E-state index is 12.7. The number of hydrogen-bond acceptors (Lipinski definition) is 2. The molecule has 2 aliphatic carbocycles. The summed E-state index contributed by atoms with van der Waals surface area (Å²) >= 11 is 0. The molecule has 3 radical (unpaired) electrons. The Morgan fingerprint density at radius 1 is 0.920 bits per heavy atom. The standard InChI is InChI=1S/C22H29O2Si/c23-22(24-25)20(16-17-10-4-1-5-11-17)21(18-12-6-2-7-13-18)19-14-8-3-9-15-19/h2,6-7,12-13,17,19H,1,3-5,8-11,14-16H2/b21-20-. The number of allylic oxidation sites excluding steroid dienone is 1. The molecule has 2 nitrogen and oxygen atoms in total. The van der Waals surface area contributed by atoms with E-state index in [1.54, 1.807) is 0 Å². The highest BCUT2D eigenvalue weighted by Gasteiger charge is 2.28. The molecule has 0 unspecified atom stereocenters. The van der Waals surface area contributed by atoms with Crippen molar-refractivity contribution in [2.45, 2.75) is 70.6 Å². The molecule has 0 saturated heterocycles. The molecule has 0 aromatic heterocycles. The Morgan fingerprint density at radius 3 is 2.12 bits per heavy atom. The Labute approximate surface area is 155 Å². The van der Waals surface area contributed by atoms with Crippen LogP contribution in [0.4, 0.5) is 0 Å². The first-order valence-corrected chi connectivity index (χ1v) is 10.4. The van der Waals surface area contributed by atoms with Crippen LogP contribution in [0.3, 0.4) is 0 Å². The monoisotopic (exact) mass is 353 g/mol. The third-order valence-electron chi connectivity index (χ3n) is 5.98. The number of rotatable bonds is 5. The highest BCUT2D eigenvalue weighted by atomic mass is 28.2. The van der Waals surface area contributed by atoms with Gasteiger partial charge in [-0.25, -0.2) is 4.79 Å². The van der Waals surface area contributed by atoms with Gasteiger partial charge in [-0.05, 0) is 42.2 Å². The molecule has 2 saturated carbocycles. The largest absolute Gasteiger partial charge is 0.513 e. The third kappa shape index (κ3) is 4.84. The van der Waals surface area contributed by atoms with Crippen molar-refractivity contribution >= 4 is 22.0 Å². The normalized spacial score (nSPS) is 20.8. The van der Waals surface area contributed by atoms with E-state index in [0.717, 1.165) is 12.0 Å². The van der Waals surface area contributed by atoms with Gasteiger partial charge in [-0.2, -0.15) is 0 Å². The molecule has 0 bridgehead atoms. The Morgan fingerprint density at radius 2 is 1.52 bits per heavy atom. The van der Waals surface area contributed by atoms with Gasteiger partial charge in [-0.15, -0.1) is 0 Å². The summed E-state index contributed by atoms with van der Waals surface area (Å²) in [5.41, 5.74) is 3.38. The highest BCUT2D eigenvalue weighted by molar-refractivity contribution is 6.11. The number of carbonyl (C=O) groups excluding carboxylic acids is 1. The summed E-state index contributed by atoms with van der Waals surface area (Å²) in [7, 11) is 3.01. The quantitative estimate of drug-likeness (QED) is 0.507. The number of carbonyl (C=O) groups is 1. The minimum absolute atomic E-state index is 0.188. The van der Waals surface area contributed by atoms with Crippen molar-refractivity contribution in [3.8, 4) is 0 Å². The fourth-order valence-electron chi connectivity index (χ4n) is 4.71. The molecule has 0 N–H and O–H groups in total. The average Bonchev–Trinajstić information content (AvgIpc) is 2.69. The summed E-state index contributed by atoms with van der Waals surface area (Å²) in [4.78, 5) is 12.7. The second kappa shape index (κ2) is 9.37. The van der Waals surface area contributed by atoms with E-state index in [1.807, 2.05) is 6.07 Å². The van der Waals surface area contributed by atoms with Crippen LogP contribution in [0.1, 0.15) is 76.2 Å². The molecule has 2 fully saturated rings. The zero-order valence-corrected chi connectivity index (χ0v) is 16.1. The van der Waals surface area contributed by atoms with Crippen molar-refractivity contribution in [2.75, 3.05) is 0 Å². The van der Waals surface area contributed by atoms with Gasteiger partial charge >= 0.3 is 16.5 Å². The van der Waals surface area contributed by atoms with Gasteiger partial charge in [0.15, 0.2) is 0 Å². The zero-order valence-electron chi connectivity index (χ0n) is 15.1. The Kier molecular flexibility index (Phi) is 6.91. The lowest BCUT2D eigenvalue weighted by molar-refractivity contribution is -0.130. The van der Waals surface area contributed by atoms with Gasteiger partial charge in [0.2, 0.25) is 0 Å². The molecule has 25 heavy (non-hydrogen) atoms. The van der Waals surface area contributed by atoms with E-state index in [1.165, 1.54) is 75.3 Å². The minimum Gasteiger partial charge on any atom is -0.513 e. The maximum absolute atomic E-state index is 12.7. The lowest BCUT2D eigenvalue weighted by Gasteiger charge is -2.29. The Balaban J connectivity index is 1.99. The van der Waals surface area contributed by atoms with Crippen LogP contribution in [0.5, 0.6) is 0 Å². The second-order valence-electron chi connectivity index (χ2n) is 7.69. The molecular formula is C22H29O2Si. The van der Waals surface area contributed by atoms with Crippen molar-refractivity contribution in [1.29, 1.82) is 0 Å². The average molecular weight is 354 g/mol. The van der Waals surface area contributed by atoms with Gasteiger partial charge < -0.3 is 4.43 Å². The molecule has 3 heteroatoms. The van der Waals surface area contributed by atoms with E-state index in [-0.39, 0.29) is 5.97 Å². The van der Waals surface area contributed by atoms with Gasteiger partial charge in [0.25, 0.3) is 0 Å². The van der Waals surface area contributed by atoms with Crippen LogP contribution in [0.15, 0.2) is 35.9 Å². The van der Waals surface area contributed by atoms with Crippen LogP contribution in [0.2, 0.25) is 0 Å². The van der Waals surface area contributed by atoms with Crippen molar-refractivity contribution in [3.63, 3.8) is 0 Å². The summed E-state index contributed by atoms with van der Waals surface area (Å²) in [6, 6.07) is 10.5. The Hall–Kier alpha value is -1.35. The van der Waals surface area contributed by atoms with Gasteiger partial charge in [-0.1, -0.05) is 81.7 Å². The van der Waals surface area contributed by atoms with E-state index in [9.17, 15) is 4.79 Å². The molecule has 3 rings (SSSR count). The SMILES string of the molecule is O=C(O[Si])/C(CC1CCCCC1)=C(/c1ccccc1)C1CCCCC1. The fraction of sp³-hybridized carbons (Fsp3) is 0.591. The van der Waals surface area contributed by atoms with Gasteiger partial charge in [0.05, 0.1) is 0 Å². The molecule has 0 spiro atoms. The first kappa shape index (κ1) is 18.4. The fourth-order valence-corrected chi connectivity index (χ4v) is 4.83. The molecule has 1 aromatic rings. The van der Waals surface area contributed by atoms with Gasteiger partial charge in [-0.3, -0.25) is 0 Å². The van der Waals surface area contributed by atoms with E-state index in [2.05, 4.69) is 34.8 Å². The smallest absolute Gasteiger partial charge is 0.345 e. The van der Waals surface area contributed by atoms with Crippen molar-refractivity contribution < 1.29 is 9.22 Å². The van der Waals surface area contributed by atoms with Crippen molar-refractivity contribution in [2.24, 2.45) is 11.8 Å². The lowest BCUT2D eigenvalue weighted by atomic mass is 9.76. The summed E-state index contributed by atoms with van der Waals surface area (Å²) in [5.74, 6) is 0.920. The third-order valence-corrected chi connectivity index (χ3v) is 6.17. The van der Waals surface area contributed by atoms with Crippen LogP contribution >= 0.6 is 0 Å². The van der Waals surface area contributed by atoms with Crippen LogP contribution in [-0.2, 0) is 9.22 Å². The topological polar surface area (TPSA) is 26.3 Å². The minimum atomic E-state index is -0.188. The van der Waals surface area contributed by atoms with E-state index < -0.39 is 0 Å². The summed E-state index contributed by atoms with van der Waals surface area (Å²) in [6.45, 7) is 0. The van der Waals surface area contributed by atoms with Crippen LogP contribution in [0, 0.1) is 11.8 Å². The number of hydrogen-bond donors (Lipinski definition) is 0. The zero-order chi connectivity index (χ0) is 17.5. The molecule has 0 aliphatic heterocycles. The summed E-state index contributed by atoms with van der Waals surface area (Å²) in [6.07, 6.45) is 13.5. The molecule has 0 atom stereocenters. The Bertz CT molecular complexity index is 581.